The zero-order valence-electron chi connectivity index (χ0n) is 10.5. The Balaban J connectivity index is 1.93. The summed E-state index contributed by atoms with van der Waals surface area (Å²) in [7, 11) is -3.92. The summed E-state index contributed by atoms with van der Waals surface area (Å²) < 4.78 is 20.1. The minimum absolute atomic E-state index is 0.485. The first-order chi connectivity index (χ1) is 9.83. The van der Waals surface area contributed by atoms with Crippen molar-refractivity contribution in [3.05, 3.63) is 40.4 Å². The van der Waals surface area contributed by atoms with Crippen LogP contribution in [-0.4, -0.2) is 28.6 Å². The van der Waals surface area contributed by atoms with Gasteiger partial charge in [-0.15, -0.1) is 0 Å². The number of rotatable bonds is 3. The van der Waals surface area contributed by atoms with Crippen LogP contribution in [0.4, 0.5) is 10.5 Å². The molecule has 0 unspecified atom stereocenters. The molecular weight excluding hydrogens is 369 g/mol. The van der Waals surface area contributed by atoms with E-state index in [9.17, 15) is 19.5 Å². The van der Waals surface area contributed by atoms with Gasteiger partial charge >= 0.3 is 18.2 Å². The summed E-state index contributed by atoms with van der Waals surface area (Å²) in [5.41, 5.74) is 0.485. The van der Waals surface area contributed by atoms with Crippen LogP contribution in [0.3, 0.4) is 0 Å². The van der Waals surface area contributed by atoms with Crippen LogP contribution in [0, 0.1) is 10.1 Å². The number of carbonyl (C=O) groups is 1. The van der Waals surface area contributed by atoms with Crippen LogP contribution >= 0.6 is 23.7 Å². The van der Waals surface area contributed by atoms with E-state index in [-0.39, 0.29) is 0 Å². The average Bonchev–Trinajstić information content (AvgIpc) is 2.43. The highest BCUT2D eigenvalue weighted by Crippen LogP contribution is 2.50. The number of nitrogens with zero attached hydrogens (tertiary/aromatic N) is 1. The first-order valence-corrected chi connectivity index (χ1v) is 8.03. The fraction of sp³-hybridized carbons (Fsp3) is 0.300. The Morgan fingerprint density at radius 1 is 1.33 bits per heavy atom. The van der Waals surface area contributed by atoms with Gasteiger partial charge in [0.1, 0.15) is 13.2 Å². The van der Waals surface area contributed by atoms with Gasteiger partial charge in [-0.1, -0.05) is 18.2 Å². The third-order valence-corrected chi connectivity index (χ3v) is 4.67. The second-order valence-electron chi connectivity index (χ2n) is 4.15. The molecule has 0 aliphatic carbocycles. The molecule has 2 N–H and O–H groups in total. The van der Waals surface area contributed by atoms with E-state index in [4.69, 9.17) is 9.05 Å². The smallest absolute Gasteiger partial charge is 0.308 e. The van der Waals surface area contributed by atoms with E-state index in [1.54, 1.807) is 30.3 Å². The normalized spacial score (nSPS) is 28.6. The second kappa shape index (κ2) is 6.10. The third kappa shape index (κ3) is 4.01. The number of halogens is 1. The van der Waals surface area contributed by atoms with Crippen molar-refractivity contribution in [3.8, 4) is 0 Å². The van der Waals surface area contributed by atoms with E-state index in [0.29, 0.717) is 5.69 Å². The van der Waals surface area contributed by atoms with Crippen molar-refractivity contribution in [2.75, 3.05) is 18.5 Å². The molecule has 1 aliphatic heterocycles. The van der Waals surface area contributed by atoms with Crippen LogP contribution in [0.5, 0.6) is 0 Å². The van der Waals surface area contributed by atoms with Gasteiger partial charge in [0.15, 0.2) is 0 Å². The Kier molecular flexibility index (Phi) is 4.62. The maximum absolute atomic E-state index is 12.1. The molecule has 1 aromatic carbocycles. The predicted octanol–water partition coefficient (Wildman–Crippen LogP) is 2.33. The zero-order valence-corrected chi connectivity index (χ0v) is 13.0. The van der Waals surface area contributed by atoms with Gasteiger partial charge in [-0.2, -0.15) is 0 Å². The topological polar surface area (TPSA) is 120 Å². The van der Waals surface area contributed by atoms with Crippen LogP contribution in [0.15, 0.2) is 30.3 Å². The first-order valence-electron chi connectivity index (χ1n) is 5.70. The Bertz CT molecular complexity index is 586. The number of hydrogen-bond donors (Lipinski definition) is 2. The molecule has 2 amide bonds. The highest BCUT2D eigenvalue weighted by Gasteiger charge is 2.50. The lowest BCUT2D eigenvalue weighted by Gasteiger charge is -2.29. The molecule has 1 saturated heterocycles. The number of benzene rings is 1. The van der Waals surface area contributed by atoms with Crippen LogP contribution < -0.4 is 10.4 Å². The molecule has 1 fully saturated rings. The molecule has 1 aromatic rings. The molecule has 1 heterocycles. The molecule has 0 saturated carbocycles. The van der Waals surface area contributed by atoms with Crippen molar-refractivity contribution in [2.45, 2.75) is 4.45 Å². The SMILES string of the molecule is O=C(Nc1ccccc1)NP1(=O)OCC(Br)([N+](=O)[O-])CO1. The number of urea groups is 1. The molecule has 0 aromatic heterocycles. The predicted molar refractivity (Wildman–Crippen MR) is 76.8 cm³/mol. The summed E-state index contributed by atoms with van der Waals surface area (Å²) in [6.07, 6.45) is 0. The van der Waals surface area contributed by atoms with Crippen molar-refractivity contribution < 1.29 is 23.3 Å². The van der Waals surface area contributed by atoms with Crippen LogP contribution in [0.2, 0.25) is 0 Å². The molecule has 21 heavy (non-hydrogen) atoms. The van der Waals surface area contributed by atoms with E-state index >= 15 is 0 Å². The highest BCUT2D eigenvalue weighted by atomic mass is 79.9. The maximum Gasteiger partial charge on any atom is 0.436 e. The van der Waals surface area contributed by atoms with Gasteiger partial charge in [0.2, 0.25) is 0 Å². The monoisotopic (exact) mass is 379 g/mol. The fourth-order valence-electron chi connectivity index (χ4n) is 1.42. The van der Waals surface area contributed by atoms with Gasteiger partial charge < -0.3 is 5.32 Å². The van der Waals surface area contributed by atoms with Gasteiger partial charge in [-0.25, -0.2) is 14.4 Å². The van der Waals surface area contributed by atoms with Crippen LogP contribution in [0.25, 0.3) is 0 Å². The first kappa shape index (κ1) is 15.9. The van der Waals surface area contributed by atoms with Crippen LogP contribution in [-0.2, 0) is 13.6 Å². The van der Waals surface area contributed by atoms with Gasteiger partial charge in [-0.05, 0) is 12.1 Å². The Labute approximate surface area is 127 Å². The van der Waals surface area contributed by atoms with E-state index in [2.05, 4.69) is 21.2 Å². The number of anilines is 1. The molecule has 2 rings (SSSR count). The number of nitro groups is 1. The lowest BCUT2D eigenvalue weighted by molar-refractivity contribution is -0.542. The fourth-order valence-corrected chi connectivity index (χ4v) is 3.28. The molecular formula is C10H11BrN3O6P. The molecule has 0 atom stereocenters. The molecule has 11 heteroatoms. The zero-order chi connectivity index (χ0) is 15.5. The summed E-state index contributed by atoms with van der Waals surface area (Å²) >= 11 is 2.83. The Hall–Kier alpha value is -1.48. The van der Waals surface area contributed by atoms with Crippen molar-refractivity contribution in [1.82, 2.24) is 5.09 Å². The van der Waals surface area contributed by atoms with Gasteiger partial charge in [0.25, 0.3) is 0 Å². The summed E-state index contributed by atoms with van der Waals surface area (Å²) in [4.78, 5) is 21.8. The third-order valence-electron chi connectivity index (χ3n) is 2.51. The molecule has 0 bridgehead atoms. The molecule has 0 spiro atoms. The van der Waals surface area contributed by atoms with E-state index < -0.39 is 36.4 Å². The lowest BCUT2D eigenvalue weighted by atomic mass is 10.3. The molecule has 1 aliphatic rings. The van der Waals surface area contributed by atoms with Crippen molar-refractivity contribution in [3.63, 3.8) is 0 Å². The standard InChI is InChI=1S/C10H11BrN3O6P/c11-10(14(16)17)6-19-21(18,20-7-10)13-9(15)12-8-4-2-1-3-5-8/h1-5H,6-7H2,(H2,12,13,15,18). The Morgan fingerprint density at radius 2 is 1.90 bits per heavy atom. The summed E-state index contributed by atoms with van der Waals surface area (Å²) in [6.45, 7) is -0.994. The van der Waals surface area contributed by atoms with Gasteiger partial charge in [0, 0.05) is 26.5 Å². The highest BCUT2D eigenvalue weighted by molar-refractivity contribution is 9.10. The Morgan fingerprint density at radius 3 is 2.43 bits per heavy atom. The molecule has 0 radical (unpaired) electrons. The largest absolute Gasteiger partial charge is 0.436 e. The van der Waals surface area contributed by atoms with Crippen molar-refractivity contribution in [2.24, 2.45) is 0 Å². The summed E-state index contributed by atoms with van der Waals surface area (Å²) in [5, 5.41) is 15.2. The molecule has 114 valence electrons. The maximum atomic E-state index is 12.1. The minimum Gasteiger partial charge on any atom is -0.308 e. The number of carbonyl (C=O) groups excluding carboxylic acids is 1. The summed E-state index contributed by atoms with van der Waals surface area (Å²) in [5.74, 6) is 0. The molecule has 9 nitrogen and oxygen atoms in total. The number of para-hydroxylation sites is 1. The average molecular weight is 380 g/mol. The van der Waals surface area contributed by atoms with E-state index in [0.717, 1.165) is 0 Å². The number of nitrogens with one attached hydrogen (secondary N) is 2. The lowest BCUT2D eigenvalue weighted by Crippen LogP contribution is -2.45. The van der Waals surface area contributed by atoms with E-state index in [1.165, 1.54) is 0 Å². The number of hydrogen-bond acceptors (Lipinski definition) is 6. The van der Waals surface area contributed by atoms with Crippen molar-refractivity contribution in [1.29, 1.82) is 0 Å². The van der Waals surface area contributed by atoms with Gasteiger partial charge in [-0.3, -0.25) is 19.2 Å². The quantitative estimate of drug-likeness (QED) is 0.273. The minimum atomic E-state index is -3.92. The second-order valence-corrected chi connectivity index (χ2v) is 7.36. The van der Waals surface area contributed by atoms with E-state index in [1.807, 2.05) is 5.09 Å². The summed E-state index contributed by atoms with van der Waals surface area (Å²) in [6, 6.07) is 7.66. The number of alkyl halides is 1. The van der Waals surface area contributed by atoms with Crippen LogP contribution in [0.1, 0.15) is 0 Å². The number of amides is 2. The van der Waals surface area contributed by atoms with Gasteiger partial charge in [0.05, 0.1) is 0 Å². The van der Waals surface area contributed by atoms with Crippen molar-refractivity contribution >= 4 is 35.4 Å².